The zero-order valence-corrected chi connectivity index (χ0v) is 13.4. The summed E-state index contributed by atoms with van der Waals surface area (Å²) in [4.78, 5) is 10.4. The van der Waals surface area contributed by atoms with Crippen LogP contribution in [0, 0.1) is 10.1 Å². The van der Waals surface area contributed by atoms with Crippen molar-refractivity contribution in [1.82, 2.24) is 9.78 Å². The molecule has 0 spiro atoms. The fourth-order valence-corrected chi connectivity index (χ4v) is 3.05. The summed E-state index contributed by atoms with van der Waals surface area (Å²) in [5, 5.41) is 15.5. The van der Waals surface area contributed by atoms with E-state index in [1.807, 2.05) is 4.68 Å². The molecule has 3 rings (SSSR count). The summed E-state index contributed by atoms with van der Waals surface area (Å²) >= 11 is 0. The number of rotatable bonds is 6. The first-order chi connectivity index (χ1) is 11.2. The van der Waals surface area contributed by atoms with Gasteiger partial charge < -0.3 is 0 Å². The van der Waals surface area contributed by atoms with Crippen LogP contribution >= 0.6 is 0 Å². The van der Waals surface area contributed by atoms with Gasteiger partial charge in [-0.2, -0.15) is 5.10 Å². The van der Waals surface area contributed by atoms with Gasteiger partial charge in [0, 0.05) is 23.4 Å². The average Bonchev–Trinajstić information content (AvgIpc) is 3.15. The summed E-state index contributed by atoms with van der Waals surface area (Å²) in [6.07, 6.45) is 11.0. The van der Waals surface area contributed by atoms with Crippen molar-refractivity contribution in [2.24, 2.45) is 0 Å². The van der Waals surface area contributed by atoms with Crippen LogP contribution in [0.3, 0.4) is 0 Å². The monoisotopic (exact) mass is 311 g/mol. The van der Waals surface area contributed by atoms with Crippen LogP contribution in [-0.4, -0.2) is 14.7 Å². The zero-order chi connectivity index (χ0) is 16.2. The average molecular weight is 311 g/mol. The summed E-state index contributed by atoms with van der Waals surface area (Å²) in [6, 6.07) is 6.62. The van der Waals surface area contributed by atoms with Crippen LogP contribution in [-0.2, 0) is 12.8 Å². The molecule has 0 amide bonds. The maximum absolute atomic E-state index is 10.8. The third kappa shape index (κ3) is 3.18. The molecule has 5 nitrogen and oxygen atoms in total. The molecule has 0 saturated heterocycles. The highest BCUT2D eigenvalue weighted by molar-refractivity contribution is 5.54. The van der Waals surface area contributed by atoms with Gasteiger partial charge in [0.05, 0.1) is 16.3 Å². The third-order valence-electron chi connectivity index (χ3n) is 4.27. The van der Waals surface area contributed by atoms with Crippen molar-refractivity contribution in [3.8, 4) is 5.69 Å². The molecule has 1 aromatic heterocycles. The number of benzene rings is 1. The van der Waals surface area contributed by atoms with Gasteiger partial charge in [0.1, 0.15) is 0 Å². The van der Waals surface area contributed by atoms with Crippen molar-refractivity contribution >= 4 is 11.8 Å². The lowest BCUT2D eigenvalue weighted by Crippen LogP contribution is -2.01. The van der Waals surface area contributed by atoms with Gasteiger partial charge >= 0.3 is 0 Å². The van der Waals surface area contributed by atoms with Crippen LogP contribution in [0.4, 0.5) is 5.69 Å². The summed E-state index contributed by atoms with van der Waals surface area (Å²) in [7, 11) is 0. The van der Waals surface area contributed by atoms with Crippen molar-refractivity contribution in [2.45, 2.75) is 45.4 Å². The molecule has 120 valence electrons. The van der Waals surface area contributed by atoms with E-state index in [9.17, 15) is 10.1 Å². The molecular formula is C18H21N3O2. The molecule has 0 unspecified atom stereocenters. The first-order valence-electron chi connectivity index (χ1n) is 8.23. The van der Waals surface area contributed by atoms with E-state index in [-0.39, 0.29) is 10.6 Å². The first-order valence-corrected chi connectivity index (χ1v) is 8.23. The molecule has 1 heterocycles. The van der Waals surface area contributed by atoms with E-state index in [4.69, 9.17) is 5.10 Å². The summed E-state index contributed by atoms with van der Waals surface area (Å²) < 4.78 is 1.95. The molecule has 5 heteroatoms. The summed E-state index contributed by atoms with van der Waals surface area (Å²) in [5.74, 6) is 0. The topological polar surface area (TPSA) is 61.0 Å². The lowest BCUT2D eigenvalue weighted by Gasteiger charge is -2.04. The normalized spacial score (nSPS) is 13.6. The fourth-order valence-electron chi connectivity index (χ4n) is 3.05. The molecule has 1 aliphatic carbocycles. The quantitative estimate of drug-likeness (QED) is 0.449. The number of nitro groups is 1. The number of aromatic nitrogens is 2. The van der Waals surface area contributed by atoms with Crippen molar-refractivity contribution in [1.29, 1.82) is 0 Å². The molecule has 0 bridgehead atoms. The van der Waals surface area contributed by atoms with Gasteiger partial charge in [0.25, 0.3) is 5.69 Å². The number of allylic oxidation sites excluding steroid dienone is 1. The van der Waals surface area contributed by atoms with Crippen LogP contribution in [0.5, 0.6) is 0 Å². The maximum Gasteiger partial charge on any atom is 0.269 e. The van der Waals surface area contributed by atoms with E-state index in [0.29, 0.717) is 0 Å². The van der Waals surface area contributed by atoms with Crippen molar-refractivity contribution < 1.29 is 4.92 Å². The van der Waals surface area contributed by atoms with Gasteiger partial charge in [-0.3, -0.25) is 10.1 Å². The van der Waals surface area contributed by atoms with E-state index < -0.39 is 0 Å². The molecule has 1 aliphatic rings. The standard InChI is InChI=1S/C18H21N3O2/c1-2-3-4-5-8-17-16-7-6-9-18(16)20(19-17)14-10-12-15(13-11-14)21(22)23/h5,8,10-13H,2-4,6-7,9H2,1H3/b8-5+. The Balaban J connectivity index is 1.91. The highest BCUT2D eigenvalue weighted by atomic mass is 16.6. The molecule has 23 heavy (non-hydrogen) atoms. The van der Waals surface area contributed by atoms with Gasteiger partial charge in [0.2, 0.25) is 0 Å². The Morgan fingerprint density at radius 2 is 2.09 bits per heavy atom. The van der Waals surface area contributed by atoms with E-state index >= 15 is 0 Å². The van der Waals surface area contributed by atoms with Gasteiger partial charge in [-0.05, 0) is 43.9 Å². The largest absolute Gasteiger partial charge is 0.269 e. The predicted molar refractivity (Wildman–Crippen MR) is 90.8 cm³/mol. The molecule has 1 aromatic carbocycles. The number of nitro benzene ring substituents is 1. The van der Waals surface area contributed by atoms with Crippen molar-refractivity contribution in [3.63, 3.8) is 0 Å². The lowest BCUT2D eigenvalue weighted by atomic mass is 10.1. The highest BCUT2D eigenvalue weighted by Gasteiger charge is 2.22. The number of fused-ring (bicyclic) bond motifs is 1. The smallest absolute Gasteiger partial charge is 0.258 e. The second-order valence-corrected chi connectivity index (χ2v) is 5.89. The number of nitrogens with zero attached hydrogens (tertiary/aromatic N) is 3. The van der Waals surface area contributed by atoms with E-state index in [2.05, 4.69) is 19.1 Å². The van der Waals surface area contributed by atoms with E-state index in [1.165, 1.54) is 36.2 Å². The summed E-state index contributed by atoms with van der Waals surface area (Å²) in [5.41, 5.74) is 4.62. The van der Waals surface area contributed by atoms with Crippen molar-refractivity contribution in [2.75, 3.05) is 0 Å². The Labute approximate surface area is 135 Å². The van der Waals surface area contributed by atoms with Crippen LogP contribution in [0.1, 0.15) is 49.6 Å². The second kappa shape index (κ2) is 6.77. The van der Waals surface area contributed by atoms with Gasteiger partial charge in [-0.15, -0.1) is 0 Å². The van der Waals surface area contributed by atoms with Gasteiger partial charge in [-0.1, -0.05) is 25.8 Å². The first kappa shape index (κ1) is 15.5. The fraction of sp³-hybridized carbons (Fsp3) is 0.389. The Morgan fingerprint density at radius 3 is 2.78 bits per heavy atom. The summed E-state index contributed by atoms with van der Waals surface area (Å²) in [6.45, 7) is 2.19. The number of hydrogen-bond donors (Lipinski definition) is 0. The van der Waals surface area contributed by atoms with Crippen LogP contribution in [0.2, 0.25) is 0 Å². The molecule has 0 atom stereocenters. The molecule has 0 radical (unpaired) electrons. The zero-order valence-electron chi connectivity index (χ0n) is 13.4. The molecule has 0 saturated carbocycles. The van der Waals surface area contributed by atoms with Crippen LogP contribution in [0.25, 0.3) is 11.8 Å². The minimum atomic E-state index is -0.376. The Bertz CT molecular complexity index is 729. The number of non-ortho nitro benzene ring substituents is 1. The van der Waals surface area contributed by atoms with Gasteiger partial charge in [0.15, 0.2) is 0 Å². The lowest BCUT2D eigenvalue weighted by molar-refractivity contribution is -0.384. The highest BCUT2D eigenvalue weighted by Crippen LogP contribution is 2.29. The van der Waals surface area contributed by atoms with E-state index in [1.54, 1.807) is 12.1 Å². The second-order valence-electron chi connectivity index (χ2n) is 5.89. The van der Waals surface area contributed by atoms with E-state index in [0.717, 1.165) is 37.1 Å². The maximum atomic E-state index is 10.8. The van der Waals surface area contributed by atoms with Gasteiger partial charge in [-0.25, -0.2) is 4.68 Å². The molecule has 0 N–H and O–H groups in total. The minimum Gasteiger partial charge on any atom is -0.258 e. The molecule has 0 fully saturated rings. The number of hydrogen-bond acceptors (Lipinski definition) is 3. The Morgan fingerprint density at radius 1 is 1.30 bits per heavy atom. The Hall–Kier alpha value is -2.43. The SMILES string of the molecule is CCCC/C=C/c1nn(-c2ccc([N+](=O)[O-])cc2)c2c1CCC2. The molecular weight excluding hydrogens is 290 g/mol. The van der Waals surface area contributed by atoms with Crippen molar-refractivity contribution in [3.05, 3.63) is 57.4 Å². The van der Waals surface area contributed by atoms with Crippen LogP contribution in [0.15, 0.2) is 30.3 Å². The third-order valence-corrected chi connectivity index (χ3v) is 4.27. The Kier molecular flexibility index (Phi) is 4.55. The van der Waals surface area contributed by atoms with Crippen LogP contribution < -0.4 is 0 Å². The minimum absolute atomic E-state index is 0.109. The molecule has 0 aliphatic heterocycles. The number of unbranched alkanes of at least 4 members (excludes halogenated alkanes) is 2. The predicted octanol–water partition coefficient (Wildman–Crippen LogP) is 4.47. The molecule has 2 aromatic rings.